The summed E-state index contributed by atoms with van der Waals surface area (Å²) in [7, 11) is 0. The number of amides is 1. The number of hydrogen-bond donors (Lipinski definition) is 1. The average Bonchev–Trinajstić information content (AvgIpc) is 3.16. The van der Waals surface area contributed by atoms with Crippen LogP contribution in [0.3, 0.4) is 0 Å². The largest absolute Gasteiger partial charge is 0.486 e. The van der Waals surface area contributed by atoms with Crippen molar-refractivity contribution in [2.24, 2.45) is 11.8 Å². The minimum atomic E-state index is -0.680. The van der Waals surface area contributed by atoms with Gasteiger partial charge >= 0.3 is 0 Å². The Labute approximate surface area is 157 Å². The number of fused-ring (bicyclic) bond motifs is 1. The quantitative estimate of drug-likeness (QED) is 0.744. The number of anilines is 1. The molecule has 25 heavy (non-hydrogen) atoms. The predicted molar refractivity (Wildman–Crippen MR) is 96.5 cm³/mol. The average molecular weight is 426 g/mol. The number of benzene rings is 1. The number of nitrogens with one attached hydrogen (secondary N) is 1. The second-order valence-electron chi connectivity index (χ2n) is 6.52. The van der Waals surface area contributed by atoms with Gasteiger partial charge in [0.15, 0.2) is 11.6 Å². The Hall–Kier alpha value is -1.66. The Morgan fingerprint density at radius 2 is 2.08 bits per heavy atom. The SMILES string of the molecule is O=C(Nc1ncc(Br)cc1OC1C[C@@H]2C[C@@H]2C1)c1c(F)cccc1Cl. The van der Waals surface area contributed by atoms with E-state index in [0.29, 0.717) is 5.75 Å². The number of ether oxygens (including phenoxy) is 1. The number of nitrogens with zero attached hydrogens (tertiary/aromatic N) is 1. The van der Waals surface area contributed by atoms with Crippen LogP contribution in [-0.2, 0) is 0 Å². The van der Waals surface area contributed by atoms with E-state index in [2.05, 4.69) is 26.2 Å². The maximum absolute atomic E-state index is 13.9. The van der Waals surface area contributed by atoms with Crippen LogP contribution >= 0.6 is 27.5 Å². The molecule has 1 unspecified atom stereocenters. The molecular formula is C18H15BrClFN2O2. The topological polar surface area (TPSA) is 51.2 Å². The van der Waals surface area contributed by atoms with Crippen LogP contribution in [0.25, 0.3) is 0 Å². The van der Waals surface area contributed by atoms with Crippen LogP contribution in [-0.4, -0.2) is 17.0 Å². The van der Waals surface area contributed by atoms with Gasteiger partial charge in [-0.1, -0.05) is 17.7 Å². The van der Waals surface area contributed by atoms with Gasteiger partial charge in [0.2, 0.25) is 0 Å². The molecule has 4 rings (SSSR count). The fourth-order valence-electron chi connectivity index (χ4n) is 3.42. The summed E-state index contributed by atoms with van der Waals surface area (Å²) < 4.78 is 20.7. The number of pyridine rings is 1. The van der Waals surface area contributed by atoms with E-state index in [4.69, 9.17) is 16.3 Å². The summed E-state index contributed by atoms with van der Waals surface area (Å²) in [5, 5.41) is 2.66. The Morgan fingerprint density at radius 3 is 2.80 bits per heavy atom. The van der Waals surface area contributed by atoms with Crippen molar-refractivity contribution in [3.63, 3.8) is 0 Å². The minimum absolute atomic E-state index is 0.0490. The molecule has 2 aromatic rings. The van der Waals surface area contributed by atoms with E-state index in [9.17, 15) is 9.18 Å². The Kier molecular flexibility index (Phi) is 4.41. The van der Waals surface area contributed by atoms with Crippen molar-refractivity contribution in [3.8, 4) is 5.75 Å². The van der Waals surface area contributed by atoms with Gasteiger partial charge in [0.05, 0.1) is 16.7 Å². The Bertz CT molecular complexity index is 818. The number of hydrogen-bond acceptors (Lipinski definition) is 3. The van der Waals surface area contributed by atoms with E-state index < -0.39 is 11.7 Å². The molecule has 0 radical (unpaired) electrons. The molecule has 7 heteroatoms. The molecule has 3 atom stereocenters. The van der Waals surface area contributed by atoms with Crippen LogP contribution in [0.5, 0.6) is 5.75 Å². The van der Waals surface area contributed by atoms with Gasteiger partial charge in [-0.05, 0) is 65.2 Å². The van der Waals surface area contributed by atoms with Crippen LogP contribution in [0, 0.1) is 17.7 Å². The third-order valence-electron chi connectivity index (χ3n) is 4.74. The third-order valence-corrected chi connectivity index (χ3v) is 5.48. The summed E-state index contributed by atoms with van der Waals surface area (Å²) in [6.07, 6.45) is 5.05. The summed E-state index contributed by atoms with van der Waals surface area (Å²) in [5.74, 6) is 0.952. The van der Waals surface area contributed by atoms with Gasteiger partial charge in [-0.25, -0.2) is 9.37 Å². The first-order chi connectivity index (χ1) is 12.0. The molecule has 1 N–H and O–H groups in total. The fraction of sp³-hybridized carbons (Fsp3) is 0.333. The smallest absolute Gasteiger partial charge is 0.261 e. The molecular weight excluding hydrogens is 411 g/mol. The van der Waals surface area contributed by atoms with E-state index in [-0.39, 0.29) is 22.5 Å². The molecule has 1 amide bonds. The molecule has 2 fully saturated rings. The van der Waals surface area contributed by atoms with Crippen LogP contribution in [0.2, 0.25) is 5.02 Å². The lowest BCUT2D eigenvalue weighted by Crippen LogP contribution is -2.19. The zero-order valence-corrected chi connectivity index (χ0v) is 15.5. The van der Waals surface area contributed by atoms with E-state index >= 15 is 0 Å². The van der Waals surface area contributed by atoms with Crippen LogP contribution < -0.4 is 10.1 Å². The molecule has 1 heterocycles. The number of carbonyl (C=O) groups is 1. The fourth-order valence-corrected chi connectivity index (χ4v) is 3.98. The summed E-state index contributed by atoms with van der Waals surface area (Å²) in [5.41, 5.74) is -0.207. The van der Waals surface area contributed by atoms with Gasteiger partial charge in [0, 0.05) is 10.7 Å². The normalized spacial score (nSPS) is 23.9. The minimum Gasteiger partial charge on any atom is -0.486 e. The molecule has 1 aromatic heterocycles. The molecule has 2 saturated carbocycles. The number of carbonyl (C=O) groups excluding carboxylic acids is 1. The highest BCUT2D eigenvalue weighted by atomic mass is 79.9. The highest BCUT2D eigenvalue weighted by Gasteiger charge is 2.47. The molecule has 4 nitrogen and oxygen atoms in total. The Balaban J connectivity index is 1.56. The first-order valence-corrected chi connectivity index (χ1v) is 9.26. The van der Waals surface area contributed by atoms with Gasteiger partial charge in [0.25, 0.3) is 5.91 Å². The summed E-state index contributed by atoms with van der Waals surface area (Å²) in [6, 6.07) is 5.87. The van der Waals surface area contributed by atoms with Gasteiger partial charge in [-0.15, -0.1) is 0 Å². The summed E-state index contributed by atoms with van der Waals surface area (Å²) in [6.45, 7) is 0. The van der Waals surface area contributed by atoms with Crippen molar-refractivity contribution >= 4 is 39.3 Å². The van der Waals surface area contributed by atoms with Gasteiger partial charge in [-0.3, -0.25) is 4.79 Å². The molecule has 130 valence electrons. The van der Waals surface area contributed by atoms with Crippen molar-refractivity contribution in [2.45, 2.75) is 25.4 Å². The Morgan fingerprint density at radius 1 is 1.32 bits per heavy atom. The first kappa shape index (κ1) is 16.8. The monoisotopic (exact) mass is 424 g/mol. The molecule has 0 bridgehead atoms. The third kappa shape index (κ3) is 3.51. The second kappa shape index (κ2) is 6.57. The first-order valence-electron chi connectivity index (χ1n) is 8.09. The molecule has 0 aliphatic heterocycles. The highest BCUT2D eigenvalue weighted by Crippen LogP contribution is 2.52. The summed E-state index contributed by atoms with van der Waals surface area (Å²) in [4.78, 5) is 16.7. The molecule has 0 saturated heterocycles. The van der Waals surface area contributed by atoms with E-state index in [1.54, 1.807) is 12.3 Å². The zero-order chi connectivity index (χ0) is 17.6. The number of aromatic nitrogens is 1. The standard InChI is InChI=1S/C18H15BrClFN2O2/c19-11-7-15(25-12-5-9-4-10(9)6-12)17(22-8-11)23-18(24)16-13(20)2-1-3-14(16)21/h1-3,7-10,12H,4-6H2,(H,22,23,24)/t9-,10+,12?. The second-order valence-corrected chi connectivity index (χ2v) is 7.84. The van der Waals surface area contributed by atoms with Crippen LogP contribution in [0.15, 0.2) is 34.9 Å². The van der Waals surface area contributed by atoms with Gasteiger partial charge in [0.1, 0.15) is 5.82 Å². The van der Waals surface area contributed by atoms with Crippen LogP contribution in [0.4, 0.5) is 10.2 Å². The van der Waals surface area contributed by atoms with Crippen molar-refractivity contribution in [1.29, 1.82) is 0 Å². The van der Waals surface area contributed by atoms with Gasteiger partial charge < -0.3 is 10.1 Å². The van der Waals surface area contributed by atoms with Crippen molar-refractivity contribution in [1.82, 2.24) is 4.98 Å². The van der Waals surface area contributed by atoms with E-state index in [1.165, 1.54) is 24.6 Å². The van der Waals surface area contributed by atoms with Gasteiger partial charge in [-0.2, -0.15) is 0 Å². The van der Waals surface area contributed by atoms with E-state index in [1.807, 2.05) is 0 Å². The molecule has 2 aliphatic rings. The zero-order valence-electron chi connectivity index (χ0n) is 13.1. The molecule has 2 aliphatic carbocycles. The number of halogens is 3. The van der Waals surface area contributed by atoms with Crippen molar-refractivity contribution in [3.05, 3.63) is 51.3 Å². The predicted octanol–water partition coefficient (Wildman–Crippen LogP) is 5.07. The highest BCUT2D eigenvalue weighted by molar-refractivity contribution is 9.10. The summed E-state index contributed by atoms with van der Waals surface area (Å²) >= 11 is 9.32. The van der Waals surface area contributed by atoms with E-state index in [0.717, 1.165) is 29.2 Å². The lowest BCUT2D eigenvalue weighted by Gasteiger charge is -2.18. The lowest BCUT2D eigenvalue weighted by molar-refractivity contribution is 0.102. The van der Waals surface area contributed by atoms with Crippen molar-refractivity contribution in [2.75, 3.05) is 5.32 Å². The number of rotatable bonds is 4. The maximum Gasteiger partial charge on any atom is 0.261 e. The van der Waals surface area contributed by atoms with Crippen molar-refractivity contribution < 1.29 is 13.9 Å². The van der Waals surface area contributed by atoms with Crippen LogP contribution in [0.1, 0.15) is 29.6 Å². The molecule has 1 aromatic carbocycles. The maximum atomic E-state index is 13.9. The molecule has 0 spiro atoms. The lowest BCUT2D eigenvalue weighted by atomic mass is 10.2.